The third-order valence-corrected chi connectivity index (χ3v) is 5.35. The average molecular weight is 446 g/mol. The lowest BCUT2D eigenvalue weighted by atomic mass is 10.0. The quantitative estimate of drug-likeness (QED) is 0.382. The van der Waals surface area contributed by atoms with Crippen LogP contribution in [0, 0.1) is 5.41 Å². The minimum absolute atomic E-state index is 0. The number of carboxylic acids is 1. The van der Waals surface area contributed by atoms with Crippen LogP contribution in [0.3, 0.4) is 0 Å². The van der Waals surface area contributed by atoms with Crippen molar-refractivity contribution in [2.24, 2.45) is 5.73 Å². The number of nitrogen functional groups attached to an aromatic ring is 1. The molecule has 0 amide bonds. The van der Waals surface area contributed by atoms with Crippen LogP contribution in [0.5, 0.6) is 5.75 Å². The number of hydrogen-bond donors (Lipinski definition) is 3. The second kappa shape index (κ2) is 11.6. The van der Waals surface area contributed by atoms with E-state index in [1.54, 1.807) is 30.3 Å². The number of aliphatic carboxylic acids is 1. The highest BCUT2D eigenvalue weighted by atomic mass is 35.5. The number of carbonyl (C=O) groups is 1. The largest absolute Gasteiger partial charge is 0.548 e. The summed E-state index contributed by atoms with van der Waals surface area (Å²) in [5.74, 6) is -0.588. The number of amidine groups is 1. The summed E-state index contributed by atoms with van der Waals surface area (Å²) in [6.45, 7) is 5.69. The van der Waals surface area contributed by atoms with Crippen molar-refractivity contribution in [1.82, 2.24) is 4.90 Å². The van der Waals surface area contributed by atoms with E-state index >= 15 is 0 Å². The molecule has 0 bridgehead atoms. The summed E-state index contributed by atoms with van der Waals surface area (Å²) < 4.78 is 5.95. The molecule has 1 saturated heterocycles. The van der Waals surface area contributed by atoms with Gasteiger partial charge in [-0.3, -0.25) is 10.3 Å². The Morgan fingerprint density at radius 3 is 2.48 bits per heavy atom. The predicted molar refractivity (Wildman–Crippen MR) is 123 cm³/mol. The first-order chi connectivity index (χ1) is 14.5. The maximum atomic E-state index is 11.9. The van der Waals surface area contributed by atoms with Crippen molar-refractivity contribution in [3.63, 3.8) is 0 Å². The Labute approximate surface area is 189 Å². The molecule has 2 aromatic rings. The fraction of sp³-hybridized carbons (Fsp3) is 0.391. The first-order valence-corrected chi connectivity index (χ1v) is 10.4. The number of ether oxygens (including phenoxy) is 1. The Balaban J connectivity index is 0.00000341. The van der Waals surface area contributed by atoms with E-state index in [1.165, 1.54) is 12.8 Å². The molecular weight excluding hydrogens is 416 g/mol. The fourth-order valence-corrected chi connectivity index (χ4v) is 3.63. The van der Waals surface area contributed by atoms with Gasteiger partial charge in [0.1, 0.15) is 18.2 Å². The SMILES string of the molecule is CCc1cc(OCCN2CCCC2)cc(C(Nc2ccc(C(=N)N)cc2)C(=O)[O-])c1.Cl. The molecule has 31 heavy (non-hydrogen) atoms. The summed E-state index contributed by atoms with van der Waals surface area (Å²) >= 11 is 0. The monoisotopic (exact) mass is 445 g/mol. The van der Waals surface area contributed by atoms with Crippen molar-refractivity contribution >= 4 is 29.9 Å². The number of rotatable bonds is 10. The van der Waals surface area contributed by atoms with E-state index in [9.17, 15) is 9.90 Å². The van der Waals surface area contributed by atoms with Gasteiger partial charge in [-0.15, -0.1) is 12.4 Å². The molecule has 0 radical (unpaired) electrons. The van der Waals surface area contributed by atoms with Gasteiger partial charge in [-0.05, 0) is 79.9 Å². The second-order valence-corrected chi connectivity index (χ2v) is 7.55. The van der Waals surface area contributed by atoms with E-state index in [-0.39, 0.29) is 18.2 Å². The number of nitrogens with one attached hydrogen (secondary N) is 2. The Morgan fingerprint density at radius 2 is 1.90 bits per heavy atom. The maximum Gasteiger partial charge on any atom is 0.122 e. The summed E-state index contributed by atoms with van der Waals surface area (Å²) in [5.41, 5.74) is 8.24. The number of carboxylic acid groups (broad SMARTS) is 1. The smallest absolute Gasteiger partial charge is 0.122 e. The Kier molecular flexibility index (Phi) is 9.15. The maximum absolute atomic E-state index is 11.9. The molecule has 1 unspecified atom stereocenters. The van der Waals surface area contributed by atoms with Gasteiger partial charge in [0.05, 0.1) is 12.0 Å². The predicted octanol–water partition coefficient (Wildman–Crippen LogP) is 2.33. The summed E-state index contributed by atoms with van der Waals surface area (Å²) in [5, 5.41) is 22.4. The fourth-order valence-electron chi connectivity index (χ4n) is 3.63. The van der Waals surface area contributed by atoms with Gasteiger partial charge >= 0.3 is 0 Å². The average Bonchev–Trinajstić information content (AvgIpc) is 3.25. The zero-order valence-electron chi connectivity index (χ0n) is 17.7. The van der Waals surface area contributed by atoms with Crippen LogP contribution >= 0.6 is 12.4 Å². The van der Waals surface area contributed by atoms with Crippen LogP contribution in [0.15, 0.2) is 42.5 Å². The number of nitrogens with two attached hydrogens (primary N) is 1. The molecule has 0 spiro atoms. The Bertz CT molecular complexity index is 883. The van der Waals surface area contributed by atoms with Crippen molar-refractivity contribution in [2.45, 2.75) is 32.2 Å². The molecule has 2 aromatic carbocycles. The summed E-state index contributed by atoms with van der Waals surface area (Å²) in [7, 11) is 0. The van der Waals surface area contributed by atoms with Crippen LogP contribution in [0.2, 0.25) is 0 Å². The lowest BCUT2D eigenvalue weighted by Crippen LogP contribution is -2.34. The van der Waals surface area contributed by atoms with Crippen LogP contribution in [0.4, 0.5) is 5.69 Å². The van der Waals surface area contributed by atoms with Gasteiger partial charge in [0.15, 0.2) is 0 Å². The minimum atomic E-state index is -1.22. The first kappa shape index (κ1) is 24.5. The lowest BCUT2D eigenvalue weighted by molar-refractivity contribution is -0.307. The topological polar surface area (TPSA) is 114 Å². The number of likely N-dealkylation sites (tertiary alicyclic amines) is 1. The van der Waals surface area contributed by atoms with Crippen molar-refractivity contribution in [2.75, 3.05) is 31.6 Å². The van der Waals surface area contributed by atoms with Gasteiger partial charge in [-0.1, -0.05) is 13.0 Å². The second-order valence-electron chi connectivity index (χ2n) is 7.55. The lowest BCUT2D eigenvalue weighted by Gasteiger charge is -2.23. The summed E-state index contributed by atoms with van der Waals surface area (Å²) in [6, 6.07) is 11.3. The summed E-state index contributed by atoms with van der Waals surface area (Å²) in [4.78, 5) is 14.3. The van der Waals surface area contributed by atoms with E-state index in [2.05, 4.69) is 10.2 Å². The highest BCUT2D eigenvalue weighted by Gasteiger charge is 2.16. The van der Waals surface area contributed by atoms with Crippen LogP contribution in [-0.4, -0.2) is 42.9 Å². The number of benzene rings is 2. The molecule has 0 saturated carbocycles. The normalized spacial score (nSPS) is 14.5. The van der Waals surface area contributed by atoms with E-state index in [0.717, 1.165) is 31.6 Å². The molecule has 1 atom stereocenters. The zero-order valence-corrected chi connectivity index (χ0v) is 18.5. The van der Waals surface area contributed by atoms with E-state index in [4.69, 9.17) is 15.9 Å². The molecule has 0 aromatic heterocycles. The molecule has 168 valence electrons. The van der Waals surface area contributed by atoms with Gasteiger partial charge in [-0.25, -0.2) is 0 Å². The minimum Gasteiger partial charge on any atom is -0.548 e. The molecule has 4 N–H and O–H groups in total. The molecule has 1 aliphatic heterocycles. The standard InChI is InChI=1S/C23H30N4O3.ClH/c1-2-16-13-18(15-20(14-16)30-12-11-27-9-3-4-10-27)21(23(28)29)26-19-7-5-17(6-8-19)22(24)25;/h5-8,13-15,21,26H,2-4,9-12H2,1H3,(H3,24,25)(H,28,29);1H/p-1. The molecule has 3 rings (SSSR count). The molecule has 0 aliphatic carbocycles. The zero-order chi connectivity index (χ0) is 21.5. The number of halogens is 1. The highest BCUT2D eigenvalue weighted by molar-refractivity contribution is 5.95. The Hall–Kier alpha value is -2.77. The van der Waals surface area contributed by atoms with Gasteiger partial charge in [0, 0.05) is 17.8 Å². The van der Waals surface area contributed by atoms with Gasteiger partial charge < -0.3 is 25.7 Å². The van der Waals surface area contributed by atoms with Crippen molar-refractivity contribution in [3.05, 3.63) is 59.2 Å². The van der Waals surface area contributed by atoms with Crippen molar-refractivity contribution < 1.29 is 14.6 Å². The van der Waals surface area contributed by atoms with E-state index < -0.39 is 12.0 Å². The first-order valence-electron chi connectivity index (χ1n) is 10.4. The molecular formula is C23H30ClN4O3-. The van der Waals surface area contributed by atoms with Crippen LogP contribution < -0.4 is 20.9 Å². The third-order valence-electron chi connectivity index (χ3n) is 5.35. The van der Waals surface area contributed by atoms with Crippen molar-refractivity contribution in [1.29, 1.82) is 5.41 Å². The summed E-state index contributed by atoms with van der Waals surface area (Å²) in [6.07, 6.45) is 3.24. The third kappa shape index (κ3) is 6.87. The van der Waals surface area contributed by atoms with Gasteiger partial charge in [0.2, 0.25) is 0 Å². The molecule has 8 heteroatoms. The van der Waals surface area contributed by atoms with Crippen LogP contribution in [-0.2, 0) is 11.2 Å². The molecule has 1 aliphatic rings. The van der Waals surface area contributed by atoms with E-state index in [1.807, 2.05) is 19.1 Å². The van der Waals surface area contributed by atoms with Crippen molar-refractivity contribution in [3.8, 4) is 5.75 Å². The number of aryl methyl sites for hydroxylation is 1. The van der Waals surface area contributed by atoms with Crippen LogP contribution in [0.25, 0.3) is 0 Å². The van der Waals surface area contributed by atoms with E-state index in [0.29, 0.717) is 29.2 Å². The number of hydrogen-bond acceptors (Lipinski definition) is 6. The molecule has 7 nitrogen and oxygen atoms in total. The number of carbonyl (C=O) groups excluding carboxylic acids is 1. The number of nitrogens with zero attached hydrogens (tertiary/aromatic N) is 1. The van der Waals surface area contributed by atoms with Gasteiger partial charge in [0.25, 0.3) is 0 Å². The van der Waals surface area contributed by atoms with Gasteiger partial charge in [-0.2, -0.15) is 0 Å². The van der Waals surface area contributed by atoms with Crippen LogP contribution in [0.1, 0.15) is 42.5 Å². The Morgan fingerprint density at radius 1 is 1.23 bits per heavy atom. The number of anilines is 1. The molecule has 1 fully saturated rings. The highest BCUT2D eigenvalue weighted by Crippen LogP contribution is 2.26. The molecule has 1 heterocycles.